The highest BCUT2D eigenvalue weighted by Gasteiger charge is 2.38. The molecule has 0 spiro atoms. The lowest BCUT2D eigenvalue weighted by Gasteiger charge is -2.34. The van der Waals surface area contributed by atoms with Gasteiger partial charge in [0, 0.05) is 24.1 Å². The van der Waals surface area contributed by atoms with Crippen LogP contribution >= 0.6 is 11.8 Å². The molecule has 0 bridgehead atoms. The van der Waals surface area contributed by atoms with Crippen molar-refractivity contribution in [2.24, 2.45) is 7.05 Å². The summed E-state index contributed by atoms with van der Waals surface area (Å²) in [5.41, 5.74) is 3.45. The Balaban J connectivity index is 1.84. The summed E-state index contributed by atoms with van der Waals surface area (Å²) in [5.74, 6) is 0.930. The van der Waals surface area contributed by atoms with E-state index < -0.39 is 23.7 Å². The second-order valence-corrected chi connectivity index (χ2v) is 7.20. The summed E-state index contributed by atoms with van der Waals surface area (Å²) in [7, 11) is 1.91. The fourth-order valence-electron chi connectivity index (χ4n) is 2.93. The zero-order chi connectivity index (χ0) is 17.4. The summed E-state index contributed by atoms with van der Waals surface area (Å²) in [5, 5.41) is 33.9. The quantitative estimate of drug-likeness (QED) is 0.772. The maximum Gasteiger partial charge on any atom is 0.173 e. The lowest BCUT2D eigenvalue weighted by atomic mass is 10.0. The smallest absolute Gasteiger partial charge is 0.173 e. The maximum absolute atomic E-state index is 10.1. The van der Waals surface area contributed by atoms with Gasteiger partial charge in [-0.3, -0.25) is 4.68 Å². The number of aliphatic hydroxyl groups is 3. The minimum Gasteiger partial charge on any atom is -0.477 e. The van der Waals surface area contributed by atoms with Crippen LogP contribution in [0, 0.1) is 13.8 Å². The van der Waals surface area contributed by atoms with Gasteiger partial charge in [-0.15, -0.1) is 11.8 Å². The van der Waals surface area contributed by atoms with Crippen LogP contribution in [0.25, 0.3) is 11.1 Å². The Hall–Kier alpha value is -1.54. The number of aliphatic hydroxyl groups excluding tert-OH is 3. The number of hydrogen-bond donors (Lipinski definition) is 3. The van der Waals surface area contributed by atoms with Crippen molar-refractivity contribution in [2.75, 3.05) is 5.75 Å². The van der Waals surface area contributed by atoms with Crippen LogP contribution in [0.2, 0.25) is 0 Å². The third-order valence-corrected chi connectivity index (χ3v) is 5.58. The average Bonchev–Trinajstić information content (AvgIpc) is 2.81. The standard InChI is InChI=1S/C17H22N2O4S/c1-9-14(10(2)19(3)18-9)11-5-4-6-12(7-11)23-17-16(22)15(21)13(20)8-24-17/h4-7,13,15-17,20-22H,8H2,1-3H3/t13-,15+,16-,17-/m1/s1. The van der Waals surface area contributed by atoms with Crippen LogP contribution in [-0.2, 0) is 7.05 Å². The summed E-state index contributed by atoms with van der Waals surface area (Å²) in [6.45, 7) is 3.98. The molecule has 1 aliphatic heterocycles. The molecule has 24 heavy (non-hydrogen) atoms. The first-order valence-electron chi connectivity index (χ1n) is 7.81. The van der Waals surface area contributed by atoms with Crippen LogP contribution < -0.4 is 4.74 Å². The van der Waals surface area contributed by atoms with Gasteiger partial charge in [-0.2, -0.15) is 5.10 Å². The van der Waals surface area contributed by atoms with Gasteiger partial charge in [0.25, 0.3) is 0 Å². The normalized spacial score (nSPS) is 27.2. The summed E-state index contributed by atoms with van der Waals surface area (Å²) < 4.78 is 7.69. The van der Waals surface area contributed by atoms with E-state index in [1.54, 1.807) is 0 Å². The van der Waals surface area contributed by atoms with Crippen LogP contribution in [0.15, 0.2) is 24.3 Å². The Morgan fingerprint density at radius 1 is 1.21 bits per heavy atom. The first kappa shape index (κ1) is 17.3. The van der Waals surface area contributed by atoms with Gasteiger partial charge < -0.3 is 20.1 Å². The second kappa shape index (κ2) is 6.76. The molecule has 6 nitrogen and oxygen atoms in total. The highest BCUT2D eigenvalue weighted by atomic mass is 32.2. The number of nitrogens with zero attached hydrogens (tertiary/aromatic N) is 2. The van der Waals surface area contributed by atoms with Gasteiger partial charge in [-0.25, -0.2) is 0 Å². The fourth-order valence-corrected chi connectivity index (χ4v) is 4.05. The molecule has 1 fully saturated rings. The molecule has 1 saturated heterocycles. The molecule has 4 atom stereocenters. The van der Waals surface area contributed by atoms with Crippen molar-refractivity contribution in [1.82, 2.24) is 9.78 Å². The minimum atomic E-state index is -1.19. The zero-order valence-corrected chi connectivity index (χ0v) is 14.7. The third kappa shape index (κ3) is 3.17. The number of aryl methyl sites for hydroxylation is 2. The summed E-state index contributed by atoms with van der Waals surface area (Å²) >= 11 is 1.29. The van der Waals surface area contributed by atoms with Gasteiger partial charge in [0.2, 0.25) is 0 Å². The first-order valence-corrected chi connectivity index (χ1v) is 8.86. The molecule has 0 radical (unpaired) electrons. The highest BCUT2D eigenvalue weighted by Crippen LogP contribution is 2.32. The molecule has 7 heteroatoms. The van der Waals surface area contributed by atoms with Gasteiger partial charge in [0.05, 0.1) is 11.8 Å². The lowest BCUT2D eigenvalue weighted by Crippen LogP contribution is -2.50. The van der Waals surface area contributed by atoms with E-state index in [1.807, 2.05) is 49.8 Å². The highest BCUT2D eigenvalue weighted by molar-refractivity contribution is 7.99. The molecular formula is C17H22N2O4S. The van der Waals surface area contributed by atoms with E-state index in [1.165, 1.54) is 11.8 Å². The van der Waals surface area contributed by atoms with Gasteiger partial charge >= 0.3 is 0 Å². The monoisotopic (exact) mass is 350 g/mol. The number of rotatable bonds is 3. The summed E-state index contributed by atoms with van der Waals surface area (Å²) in [6, 6.07) is 7.60. The van der Waals surface area contributed by atoms with E-state index >= 15 is 0 Å². The van der Waals surface area contributed by atoms with Crippen molar-refractivity contribution >= 4 is 11.8 Å². The van der Waals surface area contributed by atoms with Gasteiger partial charge in [-0.05, 0) is 31.5 Å². The Morgan fingerprint density at radius 3 is 2.62 bits per heavy atom. The average molecular weight is 350 g/mol. The second-order valence-electron chi connectivity index (χ2n) is 6.07. The largest absolute Gasteiger partial charge is 0.477 e. The molecule has 0 saturated carbocycles. The predicted molar refractivity (Wildman–Crippen MR) is 93.0 cm³/mol. The van der Waals surface area contributed by atoms with Crippen molar-refractivity contribution < 1.29 is 20.1 Å². The van der Waals surface area contributed by atoms with Gasteiger partial charge in [-0.1, -0.05) is 12.1 Å². The molecule has 130 valence electrons. The Morgan fingerprint density at radius 2 is 1.96 bits per heavy atom. The molecular weight excluding hydrogens is 328 g/mol. The van der Waals surface area contributed by atoms with Crippen molar-refractivity contribution in [3.8, 4) is 16.9 Å². The molecule has 0 amide bonds. The van der Waals surface area contributed by atoms with Crippen LogP contribution in [0.4, 0.5) is 0 Å². The Bertz CT molecular complexity index is 733. The topological polar surface area (TPSA) is 87.7 Å². The van der Waals surface area contributed by atoms with E-state index in [9.17, 15) is 15.3 Å². The van der Waals surface area contributed by atoms with E-state index in [4.69, 9.17) is 4.74 Å². The lowest BCUT2D eigenvalue weighted by molar-refractivity contribution is -0.0786. The summed E-state index contributed by atoms with van der Waals surface area (Å²) in [6.07, 6.45) is -3.26. The molecule has 2 aromatic rings. The Kier molecular flexibility index (Phi) is 4.87. The SMILES string of the molecule is Cc1nn(C)c(C)c1-c1cccc(O[C@@H]2SC[C@@H](O)[C@H](O)[C@H]2O)c1. The number of ether oxygens (including phenoxy) is 1. The molecule has 3 N–H and O–H groups in total. The van der Waals surface area contributed by atoms with Crippen molar-refractivity contribution in [2.45, 2.75) is 37.6 Å². The number of aromatic nitrogens is 2. The zero-order valence-electron chi connectivity index (χ0n) is 13.9. The summed E-state index contributed by atoms with van der Waals surface area (Å²) in [4.78, 5) is 0. The molecule has 2 heterocycles. The van der Waals surface area contributed by atoms with Crippen LogP contribution in [0.1, 0.15) is 11.4 Å². The maximum atomic E-state index is 10.1. The number of benzene rings is 1. The fraction of sp³-hybridized carbons (Fsp3) is 0.471. The number of hydrogen-bond acceptors (Lipinski definition) is 6. The molecule has 1 aromatic carbocycles. The predicted octanol–water partition coefficient (Wildman–Crippen LogP) is 1.24. The third-order valence-electron chi connectivity index (χ3n) is 4.34. The Labute approximate surface area is 145 Å². The molecule has 1 aromatic heterocycles. The van der Waals surface area contributed by atoms with Crippen molar-refractivity contribution in [3.63, 3.8) is 0 Å². The van der Waals surface area contributed by atoms with E-state index in [-0.39, 0.29) is 0 Å². The molecule has 1 aliphatic rings. The van der Waals surface area contributed by atoms with Crippen molar-refractivity contribution in [3.05, 3.63) is 35.7 Å². The molecule has 3 rings (SSSR count). The number of thioether (sulfide) groups is 1. The van der Waals surface area contributed by atoms with Crippen LogP contribution in [0.3, 0.4) is 0 Å². The molecule has 0 aliphatic carbocycles. The van der Waals surface area contributed by atoms with Crippen molar-refractivity contribution in [1.29, 1.82) is 0 Å². The van der Waals surface area contributed by atoms with Gasteiger partial charge in [0.15, 0.2) is 5.44 Å². The molecule has 0 unspecified atom stereocenters. The minimum absolute atomic E-state index is 0.323. The van der Waals surface area contributed by atoms with E-state index in [2.05, 4.69) is 5.10 Å². The van der Waals surface area contributed by atoms with Gasteiger partial charge in [0.1, 0.15) is 18.0 Å². The van der Waals surface area contributed by atoms with E-state index in [0.717, 1.165) is 22.5 Å². The van der Waals surface area contributed by atoms with Crippen LogP contribution in [0.5, 0.6) is 5.75 Å². The van der Waals surface area contributed by atoms with Crippen LogP contribution in [-0.4, -0.2) is 54.6 Å². The first-order chi connectivity index (χ1) is 11.4. The van der Waals surface area contributed by atoms with E-state index in [0.29, 0.717) is 11.5 Å².